The molecule has 1 saturated heterocycles. The van der Waals surface area contributed by atoms with Crippen molar-refractivity contribution in [2.24, 2.45) is 0 Å². The van der Waals surface area contributed by atoms with Crippen LogP contribution in [0.4, 0.5) is 4.79 Å². The number of likely N-dealkylation sites (tertiary alicyclic amines) is 1. The van der Waals surface area contributed by atoms with Gasteiger partial charge in [-0.15, -0.1) is 0 Å². The van der Waals surface area contributed by atoms with Gasteiger partial charge in [0.25, 0.3) is 5.91 Å². The molecule has 0 aromatic heterocycles. The summed E-state index contributed by atoms with van der Waals surface area (Å²) in [5.41, 5.74) is -0.546. The highest BCUT2D eigenvalue weighted by atomic mass is 16.7. The number of methoxy groups -OCH3 is 1. The van der Waals surface area contributed by atoms with Crippen LogP contribution in [0.25, 0.3) is 0 Å². The molecule has 2 bridgehead atoms. The molecule has 5 atom stereocenters. The van der Waals surface area contributed by atoms with Crippen LogP contribution in [0.1, 0.15) is 58.1 Å². The lowest BCUT2D eigenvalue weighted by molar-refractivity contribution is -0.169. The minimum absolute atomic E-state index is 0.0152. The second-order valence-electron chi connectivity index (χ2n) is 12.0. The Balaban J connectivity index is 1.26. The van der Waals surface area contributed by atoms with Crippen LogP contribution < -0.4 is 14.8 Å². The number of rotatable bonds is 7. The molecule has 2 aliphatic heterocycles. The van der Waals surface area contributed by atoms with E-state index in [1.54, 1.807) is 34.0 Å². The highest BCUT2D eigenvalue weighted by Gasteiger charge is 2.72. The number of amides is 1. The van der Waals surface area contributed by atoms with Crippen LogP contribution in [0.15, 0.2) is 24.0 Å². The van der Waals surface area contributed by atoms with E-state index in [1.807, 2.05) is 19.2 Å². The lowest BCUT2D eigenvalue weighted by atomic mass is 9.50. The molecule has 11 nitrogen and oxygen atoms in total. The number of piperidine rings is 1. The van der Waals surface area contributed by atoms with Crippen molar-refractivity contribution in [2.45, 2.75) is 88.2 Å². The Morgan fingerprint density at radius 2 is 2.02 bits per heavy atom. The van der Waals surface area contributed by atoms with Crippen LogP contribution in [-0.4, -0.2) is 84.7 Å². The third-order valence-electron chi connectivity index (χ3n) is 8.45. The Hall–Kier alpha value is -3.31. The number of carbonyl (C=O) groups is 3. The predicted molar refractivity (Wildman–Crippen MR) is 142 cm³/mol. The summed E-state index contributed by atoms with van der Waals surface area (Å²) in [6.45, 7) is 7.24. The van der Waals surface area contributed by atoms with E-state index in [2.05, 4.69) is 10.2 Å². The third kappa shape index (κ3) is 4.49. The molecule has 5 rings (SSSR count). The third-order valence-corrected chi connectivity index (χ3v) is 8.45. The van der Waals surface area contributed by atoms with Gasteiger partial charge in [-0.25, -0.2) is 4.79 Å². The van der Waals surface area contributed by atoms with Crippen LogP contribution in [0.5, 0.6) is 11.5 Å². The van der Waals surface area contributed by atoms with Crippen LogP contribution >= 0.6 is 0 Å². The molecule has 2 heterocycles. The number of benzene rings is 1. The average molecular weight is 559 g/mol. The molecule has 11 heteroatoms. The molecule has 4 aliphatic rings. The highest BCUT2D eigenvalue weighted by Crippen LogP contribution is 2.65. The van der Waals surface area contributed by atoms with Gasteiger partial charge in [0, 0.05) is 24.6 Å². The Labute approximate surface area is 233 Å². The summed E-state index contributed by atoms with van der Waals surface area (Å²) in [7, 11) is 3.61. The van der Waals surface area contributed by atoms with Crippen LogP contribution in [-0.2, 0) is 35.6 Å². The zero-order valence-electron chi connectivity index (χ0n) is 23.9. The number of nitrogens with zero attached hydrogens (tertiary/aromatic N) is 1. The van der Waals surface area contributed by atoms with E-state index in [1.165, 1.54) is 6.92 Å². The SMILES string of the molecule is COc1ccc2c3c1O[C@H]1C(OC(=O)CCNC(=O)[C@H](C)OC(=O)OC(C)(C)C)=CC[C@@]4(O)[C@@H](C2)N(C)CC[C@]314. The van der Waals surface area contributed by atoms with E-state index >= 15 is 0 Å². The predicted octanol–water partition coefficient (Wildman–Crippen LogP) is 2.36. The standard InChI is InChI=1S/C29H38N2O9/c1-16(37-26(34)40-27(2,3)4)25(33)30-13-10-21(32)38-19-9-11-29(35)20-15-17-7-8-18(36-6)23-22(17)28(29,24(19)39-23)12-14-31(20)5/h7-9,16,20,24,35H,10-15H2,1-6H3,(H,30,33)/t16-,20+,24-,28-,29+/m0/s1. The van der Waals surface area contributed by atoms with Crippen molar-refractivity contribution in [1.29, 1.82) is 0 Å². The van der Waals surface area contributed by atoms with Crippen molar-refractivity contribution >= 4 is 18.0 Å². The van der Waals surface area contributed by atoms with Crippen molar-refractivity contribution in [3.8, 4) is 11.5 Å². The highest BCUT2D eigenvalue weighted by molar-refractivity contribution is 5.83. The lowest BCUT2D eigenvalue weighted by Gasteiger charge is -2.61. The Kier molecular flexibility index (Phi) is 7.02. The fraction of sp³-hybridized carbons (Fsp3) is 0.621. The van der Waals surface area contributed by atoms with Gasteiger partial charge in [0.05, 0.1) is 24.5 Å². The maximum absolute atomic E-state index is 12.9. The van der Waals surface area contributed by atoms with E-state index in [0.717, 1.165) is 17.7 Å². The number of nitrogens with one attached hydrogen (secondary N) is 1. The van der Waals surface area contributed by atoms with Crippen molar-refractivity contribution in [3.05, 3.63) is 35.1 Å². The largest absolute Gasteiger partial charge is 0.509 e. The number of carbonyl (C=O) groups excluding carboxylic acids is 3. The number of esters is 1. The molecule has 1 spiro atoms. The lowest BCUT2D eigenvalue weighted by Crippen LogP contribution is -2.74. The summed E-state index contributed by atoms with van der Waals surface area (Å²) in [4.78, 5) is 39.2. The van der Waals surface area contributed by atoms with Crippen molar-refractivity contribution in [3.63, 3.8) is 0 Å². The number of aliphatic hydroxyl groups is 1. The maximum atomic E-state index is 12.9. The van der Waals surface area contributed by atoms with Gasteiger partial charge in [-0.1, -0.05) is 6.07 Å². The molecule has 1 fully saturated rings. The van der Waals surface area contributed by atoms with Gasteiger partial charge < -0.3 is 39.0 Å². The summed E-state index contributed by atoms with van der Waals surface area (Å²) >= 11 is 0. The number of ether oxygens (including phenoxy) is 5. The quantitative estimate of drug-likeness (QED) is 0.481. The smallest absolute Gasteiger partial charge is 0.493 e. The van der Waals surface area contributed by atoms with Gasteiger partial charge >= 0.3 is 12.1 Å². The van der Waals surface area contributed by atoms with Gasteiger partial charge in [-0.05, 0) is 71.8 Å². The molecule has 40 heavy (non-hydrogen) atoms. The zero-order valence-corrected chi connectivity index (χ0v) is 23.9. The van der Waals surface area contributed by atoms with Gasteiger partial charge in [0.1, 0.15) is 11.4 Å². The molecule has 2 aliphatic carbocycles. The topological polar surface area (TPSA) is 133 Å². The van der Waals surface area contributed by atoms with Gasteiger partial charge in [-0.3, -0.25) is 9.59 Å². The number of hydrogen-bond acceptors (Lipinski definition) is 10. The van der Waals surface area contributed by atoms with Crippen molar-refractivity contribution in [1.82, 2.24) is 10.2 Å². The van der Waals surface area contributed by atoms with Crippen LogP contribution in [0.2, 0.25) is 0 Å². The molecule has 0 unspecified atom stereocenters. The normalized spacial score (nSPS) is 28.8. The van der Waals surface area contributed by atoms with Crippen LogP contribution in [0, 0.1) is 0 Å². The fourth-order valence-corrected chi connectivity index (χ4v) is 6.67. The Morgan fingerprint density at radius 3 is 2.73 bits per heavy atom. The van der Waals surface area contributed by atoms with Crippen LogP contribution in [0.3, 0.4) is 0 Å². The second kappa shape index (κ2) is 9.95. The molecule has 1 aromatic rings. The fourth-order valence-electron chi connectivity index (χ4n) is 6.67. The molecule has 2 N–H and O–H groups in total. The Morgan fingerprint density at radius 1 is 1.27 bits per heavy atom. The summed E-state index contributed by atoms with van der Waals surface area (Å²) < 4.78 is 27.9. The summed E-state index contributed by atoms with van der Waals surface area (Å²) in [5.74, 6) is 0.423. The molecular weight excluding hydrogens is 520 g/mol. The first-order chi connectivity index (χ1) is 18.8. The maximum Gasteiger partial charge on any atom is 0.509 e. The number of hydrogen-bond donors (Lipinski definition) is 2. The molecule has 1 amide bonds. The first-order valence-electron chi connectivity index (χ1n) is 13.7. The molecule has 1 aromatic carbocycles. The zero-order chi connectivity index (χ0) is 29.0. The van der Waals surface area contributed by atoms with E-state index in [9.17, 15) is 19.5 Å². The number of likely N-dealkylation sites (N-methyl/N-ethyl adjacent to an activating group) is 1. The van der Waals surface area contributed by atoms with E-state index in [-0.39, 0.29) is 19.0 Å². The van der Waals surface area contributed by atoms with E-state index < -0.39 is 46.9 Å². The van der Waals surface area contributed by atoms with E-state index in [4.69, 9.17) is 23.7 Å². The summed E-state index contributed by atoms with van der Waals surface area (Å²) in [5, 5.41) is 14.8. The van der Waals surface area contributed by atoms with E-state index in [0.29, 0.717) is 36.5 Å². The second-order valence-corrected chi connectivity index (χ2v) is 12.0. The molecule has 218 valence electrons. The minimum Gasteiger partial charge on any atom is -0.493 e. The first kappa shape index (κ1) is 28.2. The van der Waals surface area contributed by atoms with Gasteiger partial charge in [0.15, 0.2) is 23.7 Å². The van der Waals surface area contributed by atoms with Gasteiger partial charge in [0.2, 0.25) is 0 Å². The Bertz CT molecular complexity index is 1250. The van der Waals surface area contributed by atoms with Gasteiger partial charge in [-0.2, -0.15) is 0 Å². The molecule has 0 saturated carbocycles. The monoisotopic (exact) mass is 558 g/mol. The van der Waals surface area contributed by atoms with Crippen molar-refractivity contribution in [2.75, 3.05) is 27.2 Å². The molecular formula is C29H38N2O9. The van der Waals surface area contributed by atoms with Crippen molar-refractivity contribution < 1.29 is 43.2 Å². The summed E-state index contributed by atoms with van der Waals surface area (Å²) in [6.07, 6.45) is 0.552. The summed E-state index contributed by atoms with van der Waals surface area (Å²) in [6, 6.07) is 3.82. The average Bonchev–Trinajstić information content (AvgIpc) is 3.22. The first-order valence-corrected chi connectivity index (χ1v) is 13.7. The molecule has 0 radical (unpaired) electrons. The minimum atomic E-state index is -1.10.